The van der Waals surface area contributed by atoms with Crippen LogP contribution in [0.15, 0.2) is 39.9 Å². The highest BCUT2D eigenvalue weighted by Crippen LogP contribution is 2.33. The van der Waals surface area contributed by atoms with Gasteiger partial charge in [0.15, 0.2) is 16.7 Å². The standard InChI is InChI=1S/C16H11F3N6O2S2/c1-25-12(10-6-8-4-2-3-5-9(8)27-10)21-24-15(25)28-7-11(26)20-14-23-22-13(29-14)16(17,18)19/h2-6H,7H2,1H3,(H,20,23,26). The average molecular weight is 440 g/mol. The van der Waals surface area contributed by atoms with E-state index in [-0.39, 0.29) is 22.2 Å². The highest BCUT2D eigenvalue weighted by Gasteiger charge is 2.35. The number of thioether (sulfide) groups is 1. The quantitative estimate of drug-likeness (QED) is 0.471. The number of amides is 1. The zero-order valence-corrected chi connectivity index (χ0v) is 16.2. The molecule has 4 rings (SSSR count). The first-order valence-electron chi connectivity index (χ1n) is 8.03. The highest BCUT2D eigenvalue weighted by atomic mass is 32.2. The molecule has 1 amide bonds. The Morgan fingerprint density at radius 2 is 2.03 bits per heavy atom. The van der Waals surface area contributed by atoms with Gasteiger partial charge in [0.1, 0.15) is 5.58 Å². The fourth-order valence-electron chi connectivity index (χ4n) is 2.42. The minimum atomic E-state index is -4.60. The number of furan rings is 1. The fraction of sp³-hybridized carbons (Fsp3) is 0.188. The lowest BCUT2D eigenvalue weighted by Crippen LogP contribution is -2.14. The Morgan fingerprint density at radius 3 is 2.76 bits per heavy atom. The monoisotopic (exact) mass is 440 g/mol. The molecule has 0 unspecified atom stereocenters. The van der Waals surface area contributed by atoms with Gasteiger partial charge in [0.05, 0.1) is 5.75 Å². The molecule has 0 bridgehead atoms. The van der Waals surface area contributed by atoms with Gasteiger partial charge in [-0.25, -0.2) is 0 Å². The molecule has 0 radical (unpaired) electrons. The summed E-state index contributed by atoms with van der Waals surface area (Å²) in [6.45, 7) is 0. The molecular formula is C16H11F3N6O2S2. The van der Waals surface area contributed by atoms with E-state index in [4.69, 9.17) is 4.42 Å². The van der Waals surface area contributed by atoms with E-state index < -0.39 is 17.1 Å². The Morgan fingerprint density at radius 1 is 1.24 bits per heavy atom. The van der Waals surface area contributed by atoms with Crippen molar-refractivity contribution in [2.75, 3.05) is 11.1 Å². The SMILES string of the molecule is Cn1c(SCC(=O)Nc2nnc(C(F)(F)F)s2)nnc1-c1cc2ccccc2o1. The van der Waals surface area contributed by atoms with Crippen molar-refractivity contribution in [3.8, 4) is 11.6 Å². The van der Waals surface area contributed by atoms with Crippen LogP contribution >= 0.6 is 23.1 Å². The van der Waals surface area contributed by atoms with E-state index in [2.05, 4.69) is 25.7 Å². The maximum absolute atomic E-state index is 12.5. The number of hydrogen-bond acceptors (Lipinski definition) is 8. The molecule has 0 atom stereocenters. The van der Waals surface area contributed by atoms with Gasteiger partial charge >= 0.3 is 6.18 Å². The van der Waals surface area contributed by atoms with E-state index in [0.29, 0.717) is 16.7 Å². The molecule has 3 aromatic heterocycles. The molecule has 0 aliphatic carbocycles. The summed E-state index contributed by atoms with van der Waals surface area (Å²) >= 11 is 1.34. The number of hydrogen-bond donors (Lipinski definition) is 1. The molecule has 0 saturated heterocycles. The third-order valence-electron chi connectivity index (χ3n) is 3.73. The second-order valence-corrected chi connectivity index (χ2v) is 7.68. The summed E-state index contributed by atoms with van der Waals surface area (Å²) < 4.78 is 45.0. The number of carbonyl (C=O) groups is 1. The molecule has 0 spiro atoms. The van der Waals surface area contributed by atoms with Crippen molar-refractivity contribution in [1.29, 1.82) is 0 Å². The van der Waals surface area contributed by atoms with Gasteiger partial charge in [0.25, 0.3) is 0 Å². The van der Waals surface area contributed by atoms with Crippen LogP contribution in [-0.2, 0) is 18.0 Å². The average Bonchev–Trinajstić information content (AvgIpc) is 3.37. The van der Waals surface area contributed by atoms with Gasteiger partial charge in [-0.15, -0.1) is 20.4 Å². The molecule has 29 heavy (non-hydrogen) atoms. The third kappa shape index (κ3) is 4.10. The van der Waals surface area contributed by atoms with Crippen LogP contribution in [0.2, 0.25) is 0 Å². The largest absolute Gasteiger partial charge is 0.453 e. The number of fused-ring (bicyclic) bond motifs is 1. The summed E-state index contributed by atoms with van der Waals surface area (Å²) in [5, 5.41) is 16.8. The third-order valence-corrected chi connectivity index (χ3v) is 5.63. The smallest absolute Gasteiger partial charge is 0.445 e. The maximum atomic E-state index is 12.5. The first-order chi connectivity index (χ1) is 13.8. The number of nitrogens with one attached hydrogen (secondary N) is 1. The molecule has 4 aromatic rings. The van der Waals surface area contributed by atoms with Crippen molar-refractivity contribution in [2.45, 2.75) is 11.3 Å². The van der Waals surface area contributed by atoms with Crippen molar-refractivity contribution in [1.82, 2.24) is 25.0 Å². The molecule has 150 valence electrons. The molecule has 0 fully saturated rings. The number of para-hydroxylation sites is 1. The van der Waals surface area contributed by atoms with E-state index in [1.165, 1.54) is 0 Å². The van der Waals surface area contributed by atoms with Crippen LogP contribution in [0.4, 0.5) is 18.3 Å². The number of halogens is 3. The molecule has 3 heterocycles. The number of benzene rings is 1. The normalized spacial score (nSPS) is 11.9. The molecule has 13 heteroatoms. The van der Waals surface area contributed by atoms with Crippen molar-refractivity contribution in [3.63, 3.8) is 0 Å². The zero-order chi connectivity index (χ0) is 20.6. The van der Waals surface area contributed by atoms with Gasteiger partial charge in [-0.3, -0.25) is 10.1 Å². The molecule has 8 nitrogen and oxygen atoms in total. The van der Waals surface area contributed by atoms with Crippen LogP contribution in [0.5, 0.6) is 0 Å². The van der Waals surface area contributed by atoms with Crippen LogP contribution < -0.4 is 5.32 Å². The zero-order valence-electron chi connectivity index (χ0n) is 14.6. The second kappa shape index (κ2) is 7.48. The number of anilines is 1. The van der Waals surface area contributed by atoms with Gasteiger partial charge < -0.3 is 8.98 Å². The van der Waals surface area contributed by atoms with E-state index in [1.54, 1.807) is 11.6 Å². The minimum Gasteiger partial charge on any atom is -0.453 e. The molecule has 0 aliphatic heterocycles. The summed E-state index contributed by atoms with van der Waals surface area (Å²) in [6.07, 6.45) is -4.60. The molecule has 0 aliphatic rings. The van der Waals surface area contributed by atoms with E-state index in [1.807, 2.05) is 30.3 Å². The van der Waals surface area contributed by atoms with Gasteiger partial charge in [-0.2, -0.15) is 13.2 Å². The highest BCUT2D eigenvalue weighted by molar-refractivity contribution is 7.99. The van der Waals surface area contributed by atoms with Crippen LogP contribution in [-0.4, -0.2) is 36.6 Å². The summed E-state index contributed by atoms with van der Waals surface area (Å²) in [5.41, 5.74) is 0.717. The van der Waals surface area contributed by atoms with Gasteiger partial charge in [0.2, 0.25) is 16.0 Å². The minimum absolute atomic E-state index is 0.0902. The number of rotatable bonds is 5. The van der Waals surface area contributed by atoms with Crippen LogP contribution in [0.25, 0.3) is 22.6 Å². The van der Waals surface area contributed by atoms with Crippen LogP contribution in [0, 0.1) is 0 Å². The van der Waals surface area contributed by atoms with E-state index >= 15 is 0 Å². The van der Waals surface area contributed by atoms with Gasteiger partial charge in [-0.05, 0) is 12.1 Å². The van der Waals surface area contributed by atoms with Crippen molar-refractivity contribution < 1.29 is 22.4 Å². The Kier molecular flexibility index (Phi) is 5.00. The fourth-order valence-corrected chi connectivity index (χ4v) is 3.76. The van der Waals surface area contributed by atoms with Gasteiger partial charge in [0, 0.05) is 12.4 Å². The number of alkyl halides is 3. The summed E-state index contributed by atoms with van der Waals surface area (Å²) in [7, 11) is 1.73. The first-order valence-corrected chi connectivity index (χ1v) is 9.83. The van der Waals surface area contributed by atoms with Crippen LogP contribution in [0.1, 0.15) is 5.01 Å². The lowest BCUT2D eigenvalue weighted by molar-refractivity contribution is -0.138. The van der Waals surface area contributed by atoms with E-state index in [9.17, 15) is 18.0 Å². The van der Waals surface area contributed by atoms with Crippen LogP contribution in [0.3, 0.4) is 0 Å². The number of aromatic nitrogens is 5. The Hall–Kier alpha value is -2.93. The summed E-state index contributed by atoms with van der Waals surface area (Å²) in [5.74, 6) is 0.398. The van der Waals surface area contributed by atoms with Crippen molar-refractivity contribution >= 4 is 45.1 Å². The molecule has 1 N–H and O–H groups in total. The Labute approximate surface area is 169 Å². The second-order valence-electron chi connectivity index (χ2n) is 5.76. The maximum Gasteiger partial charge on any atom is 0.445 e. The van der Waals surface area contributed by atoms with Crippen molar-refractivity contribution in [2.24, 2.45) is 7.05 Å². The molecule has 0 saturated carbocycles. The molecule has 1 aromatic carbocycles. The van der Waals surface area contributed by atoms with E-state index in [0.717, 1.165) is 22.7 Å². The lowest BCUT2D eigenvalue weighted by atomic mass is 10.2. The Balaban J connectivity index is 1.41. The predicted octanol–water partition coefficient (Wildman–Crippen LogP) is 3.83. The van der Waals surface area contributed by atoms with Gasteiger partial charge in [-0.1, -0.05) is 41.3 Å². The van der Waals surface area contributed by atoms with Crippen molar-refractivity contribution in [3.05, 3.63) is 35.3 Å². The summed E-state index contributed by atoms with van der Waals surface area (Å²) in [6, 6.07) is 9.35. The first kappa shape index (κ1) is 19.4. The topological polar surface area (TPSA) is 98.7 Å². The summed E-state index contributed by atoms with van der Waals surface area (Å²) in [4.78, 5) is 12.0. The predicted molar refractivity (Wildman–Crippen MR) is 100 cm³/mol. The lowest BCUT2D eigenvalue weighted by Gasteiger charge is -2.02. The Bertz CT molecular complexity index is 1150. The molecular weight excluding hydrogens is 429 g/mol. The number of nitrogens with zero attached hydrogens (tertiary/aromatic N) is 5. The number of carbonyl (C=O) groups excluding carboxylic acids is 1.